The Hall–Kier alpha value is -1.56. The number of carbonyl (C=O) groups is 1. The summed E-state index contributed by atoms with van der Waals surface area (Å²) in [5.41, 5.74) is -0.138. The largest absolute Gasteiger partial charge is 0.481 e. The first-order valence-electron chi connectivity index (χ1n) is 5.60. The zero-order valence-electron chi connectivity index (χ0n) is 10.0. The van der Waals surface area contributed by atoms with E-state index in [4.69, 9.17) is 14.4 Å². The summed E-state index contributed by atoms with van der Waals surface area (Å²) < 4.78 is 5.09. The molecule has 6 heteroatoms. The van der Waals surface area contributed by atoms with Crippen LogP contribution in [0.1, 0.15) is 38.4 Å². The maximum atomic E-state index is 10.8. The normalized spacial score (nSPS) is 23.6. The van der Waals surface area contributed by atoms with Gasteiger partial charge in [-0.3, -0.25) is 9.59 Å². The molecule has 0 radical (unpaired) electrons. The van der Waals surface area contributed by atoms with Crippen molar-refractivity contribution in [3.63, 3.8) is 0 Å². The van der Waals surface area contributed by atoms with E-state index in [2.05, 4.69) is 17.4 Å². The molecule has 1 aliphatic heterocycles. The van der Waals surface area contributed by atoms with E-state index in [1.165, 1.54) is 0 Å². The molecule has 0 amide bonds. The van der Waals surface area contributed by atoms with Gasteiger partial charge < -0.3 is 14.9 Å². The Morgan fingerprint density at radius 3 is 2.71 bits per heavy atom. The van der Waals surface area contributed by atoms with Crippen LogP contribution in [0.3, 0.4) is 0 Å². The van der Waals surface area contributed by atoms with Crippen LogP contribution >= 0.6 is 0 Å². The fourth-order valence-corrected chi connectivity index (χ4v) is 1.89. The summed E-state index contributed by atoms with van der Waals surface area (Å²) in [5.74, 6) is 0.369. The minimum Gasteiger partial charge on any atom is -0.481 e. The number of piperidine rings is 1. The van der Waals surface area contributed by atoms with Crippen LogP contribution in [0.4, 0.5) is 0 Å². The van der Waals surface area contributed by atoms with Gasteiger partial charge >= 0.3 is 0 Å². The highest BCUT2D eigenvalue weighted by Gasteiger charge is 2.22. The van der Waals surface area contributed by atoms with Gasteiger partial charge in [-0.05, 0) is 26.3 Å². The maximum Gasteiger partial charge on any atom is 0.300 e. The Morgan fingerprint density at radius 1 is 1.59 bits per heavy atom. The molecule has 0 saturated carbocycles. The molecular weight excluding hydrogens is 224 g/mol. The molecule has 96 valence electrons. The highest BCUT2D eigenvalue weighted by Crippen LogP contribution is 2.26. The SMILES string of the molecule is CC(=O)O.C[C@H]1C[C@H](c2cc(=O)[nH]o2)CCN1. The Kier molecular flexibility index (Phi) is 4.96. The van der Waals surface area contributed by atoms with Crippen molar-refractivity contribution in [3.8, 4) is 0 Å². The summed E-state index contributed by atoms with van der Waals surface area (Å²) in [6, 6.07) is 2.07. The quantitative estimate of drug-likeness (QED) is 0.680. The second-order valence-corrected chi connectivity index (χ2v) is 4.21. The summed E-state index contributed by atoms with van der Waals surface area (Å²) in [4.78, 5) is 19.8. The van der Waals surface area contributed by atoms with Crippen LogP contribution in [0, 0.1) is 0 Å². The van der Waals surface area contributed by atoms with Crippen molar-refractivity contribution in [1.29, 1.82) is 0 Å². The van der Waals surface area contributed by atoms with Crippen LogP contribution in [0.15, 0.2) is 15.4 Å². The summed E-state index contributed by atoms with van der Waals surface area (Å²) in [7, 11) is 0. The third kappa shape index (κ3) is 4.86. The van der Waals surface area contributed by atoms with E-state index in [1.54, 1.807) is 6.07 Å². The van der Waals surface area contributed by atoms with Crippen LogP contribution in [-0.4, -0.2) is 28.8 Å². The first kappa shape index (κ1) is 13.5. The lowest BCUT2D eigenvalue weighted by atomic mass is 9.91. The molecule has 0 aromatic carbocycles. The Labute approximate surface area is 99.0 Å². The monoisotopic (exact) mass is 242 g/mol. The van der Waals surface area contributed by atoms with E-state index in [-0.39, 0.29) is 5.56 Å². The summed E-state index contributed by atoms with van der Waals surface area (Å²) in [5, 5.41) is 13.1. The third-order valence-electron chi connectivity index (χ3n) is 2.57. The van der Waals surface area contributed by atoms with E-state index in [9.17, 15) is 4.79 Å². The van der Waals surface area contributed by atoms with Gasteiger partial charge in [-0.25, -0.2) is 0 Å². The molecule has 1 aromatic rings. The third-order valence-corrected chi connectivity index (χ3v) is 2.57. The average Bonchev–Trinajstić information content (AvgIpc) is 2.64. The fraction of sp³-hybridized carbons (Fsp3) is 0.636. The number of hydrogen-bond acceptors (Lipinski definition) is 4. The van der Waals surface area contributed by atoms with Crippen molar-refractivity contribution >= 4 is 5.97 Å². The molecule has 1 aromatic heterocycles. The minimum atomic E-state index is -0.833. The Bertz CT molecular complexity index is 406. The molecule has 1 aliphatic rings. The number of aromatic nitrogens is 1. The van der Waals surface area contributed by atoms with E-state index in [0.29, 0.717) is 12.0 Å². The van der Waals surface area contributed by atoms with Crippen LogP contribution in [0.2, 0.25) is 0 Å². The first-order chi connectivity index (χ1) is 7.99. The van der Waals surface area contributed by atoms with Crippen molar-refractivity contribution in [1.82, 2.24) is 10.5 Å². The number of aromatic amines is 1. The Balaban J connectivity index is 0.000000317. The molecule has 0 aliphatic carbocycles. The van der Waals surface area contributed by atoms with Gasteiger partial charge in [0.05, 0.1) is 0 Å². The van der Waals surface area contributed by atoms with E-state index >= 15 is 0 Å². The fourth-order valence-electron chi connectivity index (χ4n) is 1.89. The Morgan fingerprint density at radius 2 is 2.24 bits per heavy atom. The van der Waals surface area contributed by atoms with Crippen molar-refractivity contribution in [2.45, 2.75) is 38.6 Å². The number of carboxylic acids is 1. The topological polar surface area (TPSA) is 95.3 Å². The number of hydrogen-bond donors (Lipinski definition) is 3. The maximum absolute atomic E-state index is 10.8. The molecule has 6 nitrogen and oxygen atoms in total. The van der Waals surface area contributed by atoms with Crippen LogP contribution in [0.5, 0.6) is 0 Å². The number of nitrogens with one attached hydrogen (secondary N) is 2. The van der Waals surface area contributed by atoms with Gasteiger partial charge in [0.15, 0.2) is 0 Å². The number of H-pyrrole nitrogens is 1. The highest BCUT2D eigenvalue weighted by molar-refractivity contribution is 5.62. The van der Waals surface area contributed by atoms with Crippen LogP contribution < -0.4 is 10.9 Å². The predicted molar refractivity (Wildman–Crippen MR) is 62.1 cm³/mol. The molecule has 2 rings (SSSR count). The zero-order valence-corrected chi connectivity index (χ0v) is 10.0. The standard InChI is InChI=1S/C9H14N2O2.C2H4O2/c1-6-4-7(2-3-10-6)8-5-9(12)11-13-8;1-2(3)4/h5-7,10H,2-4H2,1H3,(H,11,12);1H3,(H,3,4)/t6-,7+;/m0./s1. The van der Waals surface area contributed by atoms with Gasteiger partial charge in [0.1, 0.15) is 5.76 Å². The smallest absolute Gasteiger partial charge is 0.300 e. The van der Waals surface area contributed by atoms with E-state index < -0.39 is 5.97 Å². The molecule has 0 bridgehead atoms. The van der Waals surface area contributed by atoms with Gasteiger partial charge in [-0.15, -0.1) is 0 Å². The summed E-state index contributed by atoms with van der Waals surface area (Å²) in [6.45, 7) is 4.23. The highest BCUT2D eigenvalue weighted by atomic mass is 16.5. The molecule has 17 heavy (non-hydrogen) atoms. The minimum absolute atomic E-state index is 0.138. The van der Waals surface area contributed by atoms with Crippen LogP contribution in [0.25, 0.3) is 0 Å². The van der Waals surface area contributed by atoms with E-state index in [1.807, 2.05) is 0 Å². The zero-order chi connectivity index (χ0) is 12.8. The molecule has 0 spiro atoms. The molecule has 1 fully saturated rings. The lowest BCUT2D eigenvalue weighted by molar-refractivity contribution is -0.134. The summed E-state index contributed by atoms with van der Waals surface area (Å²) in [6.07, 6.45) is 2.09. The van der Waals surface area contributed by atoms with Gasteiger partial charge in [0, 0.05) is 24.9 Å². The van der Waals surface area contributed by atoms with Gasteiger partial charge in [-0.2, -0.15) is 5.16 Å². The molecule has 2 atom stereocenters. The van der Waals surface area contributed by atoms with Crippen molar-refractivity contribution in [3.05, 3.63) is 22.2 Å². The average molecular weight is 242 g/mol. The second kappa shape index (κ2) is 6.24. The molecule has 3 N–H and O–H groups in total. The van der Waals surface area contributed by atoms with Crippen molar-refractivity contribution in [2.75, 3.05) is 6.54 Å². The lowest BCUT2D eigenvalue weighted by Crippen LogP contribution is -2.34. The van der Waals surface area contributed by atoms with Gasteiger partial charge in [0.25, 0.3) is 11.5 Å². The van der Waals surface area contributed by atoms with Gasteiger partial charge in [0.2, 0.25) is 0 Å². The first-order valence-corrected chi connectivity index (χ1v) is 5.60. The van der Waals surface area contributed by atoms with E-state index in [0.717, 1.165) is 32.1 Å². The predicted octanol–water partition coefficient (Wildman–Crippen LogP) is 0.914. The number of carboxylic acid groups (broad SMARTS) is 1. The number of rotatable bonds is 1. The lowest BCUT2D eigenvalue weighted by Gasteiger charge is -2.25. The van der Waals surface area contributed by atoms with Crippen LogP contribution in [-0.2, 0) is 4.79 Å². The van der Waals surface area contributed by atoms with Crippen molar-refractivity contribution < 1.29 is 14.4 Å². The summed E-state index contributed by atoms with van der Waals surface area (Å²) >= 11 is 0. The molecule has 1 saturated heterocycles. The van der Waals surface area contributed by atoms with Crippen molar-refractivity contribution in [2.24, 2.45) is 0 Å². The molecular formula is C11H18N2O4. The number of aliphatic carboxylic acids is 1. The molecule has 0 unspecified atom stereocenters. The second-order valence-electron chi connectivity index (χ2n) is 4.21. The van der Waals surface area contributed by atoms with Gasteiger partial charge in [-0.1, -0.05) is 0 Å². The molecule has 2 heterocycles.